The van der Waals surface area contributed by atoms with Crippen molar-refractivity contribution in [2.75, 3.05) is 5.75 Å². The Morgan fingerprint density at radius 3 is 2.26 bits per heavy atom. The fraction of sp³-hybridized carbons (Fsp3) is 1.00. The molecule has 0 aromatic rings. The summed E-state index contributed by atoms with van der Waals surface area (Å²) in [5.74, 6) is 0.0646. The molecule has 1 heterocycles. The molecule has 0 aromatic carbocycles. The fourth-order valence-electron chi connectivity index (χ4n) is 2.45. The maximum atomic E-state index is 11.4. The van der Waals surface area contributed by atoms with Crippen LogP contribution in [-0.4, -0.2) is 25.7 Å². The van der Waals surface area contributed by atoms with Gasteiger partial charge in [0.05, 0.1) is 17.2 Å². The summed E-state index contributed by atoms with van der Waals surface area (Å²) in [6, 6.07) is 0. The molecule has 0 bridgehead atoms. The molecule has 1 saturated heterocycles. The third kappa shape index (κ3) is 7.52. The van der Waals surface area contributed by atoms with Crippen LogP contribution in [0.25, 0.3) is 0 Å². The Morgan fingerprint density at radius 1 is 1.05 bits per heavy atom. The van der Waals surface area contributed by atoms with E-state index in [0.29, 0.717) is 6.42 Å². The van der Waals surface area contributed by atoms with Crippen LogP contribution >= 0.6 is 11.6 Å². The van der Waals surface area contributed by atoms with Gasteiger partial charge in [-0.1, -0.05) is 58.3 Å². The lowest BCUT2D eigenvalue weighted by Crippen LogP contribution is -2.35. The Kier molecular flexibility index (Phi) is 8.35. The first-order valence-corrected chi connectivity index (χ1v) is 9.61. The lowest BCUT2D eigenvalue weighted by Gasteiger charge is -2.26. The van der Waals surface area contributed by atoms with Gasteiger partial charge in [-0.3, -0.25) is 4.18 Å². The second-order valence-corrected chi connectivity index (χ2v) is 7.74. The largest absolute Gasteiger partial charge is 0.267 e. The minimum atomic E-state index is -3.31. The van der Waals surface area contributed by atoms with Crippen LogP contribution in [0.4, 0.5) is 0 Å². The van der Waals surface area contributed by atoms with Gasteiger partial charge in [0.15, 0.2) is 0 Å². The molecule has 2 atom stereocenters. The van der Waals surface area contributed by atoms with Gasteiger partial charge in [-0.2, -0.15) is 8.42 Å². The Labute approximate surface area is 123 Å². The van der Waals surface area contributed by atoms with Gasteiger partial charge in [0, 0.05) is 0 Å². The summed E-state index contributed by atoms with van der Waals surface area (Å²) in [6.45, 7) is 2.22. The molecule has 0 N–H and O–H groups in total. The van der Waals surface area contributed by atoms with Crippen LogP contribution in [0.15, 0.2) is 0 Å². The van der Waals surface area contributed by atoms with Gasteiger partial charge in [0.1, 0.15) is 0 Å². The minimum Gasteiger partial charge on any atom is -0.265 e. The van der Waals surface area contributed by atoms with Gasteiger partial charge in [-0.05, 0) is 12.8 Å². The maximum absolute atomic E-state index is 11.4. The van der Waals surface area contributed by atoms with E-state index in [2.05, 4.69) is 6.92 Å². The highest BCUT2D eigenvalue weighted by Gasteiger charge is 2.32. The molecule has 1 fully saturated rings. The molecule has 1 aliphatic rings. The lowest BCUT2D eigenvalue weighted by molar-refractivity contribution is 0.173. The molecule has 0 aliphatic carbocycles. The molecule has 19 heavy (non-hydrogen) atoms. The van der Waals surface area contributed by atoms with Crippen LogP contribution in [-0.2, 0) is 14.3 Å². The van der Waals surface area contributed by atoms with Gasteiger partial charge in [-0.15, -0.1) is 11.6 Å². The van der Waals surface area contributed by atoms with Crippen molar-refractivity contribution < 1.29 is 12.6 Å². The zero-order valence-electron chi connectivity index (χ0n) is 11.9. The average molecular weight is 311 g/mol. The summed E-state index contributed by atoms with van der Waals surface area (Å²) in [6.07, 6.45) is 10.9. The van der Waals surface area contributed by atoms with E-state index in [4.69, 9.17) is 15.8 Å². The van der Waals surface area contributed by atoms with Crippen molar-refractivity contribution in [3.05, 3.63) is 0 Å². The smallest absolute Gasteiger partial charge is 0.265 e. The van der Waals surface area contributed by atoms with Crippen LogP contribution in [0.5, 0.6) is 0 Å². The van der Waals surface area contributed by atoms with Crippen LogP contribution in [0.1, 0.15) is 71.1 Å². The van der Waals surface area contributed by atoms with Gasteiger partial charge in [-0.25, -0.2) is 0 Å². The number of alkyl halides is 1. The molecule has 0 saturated carbocycles. The quantitative estimate of drug-likeness (QED) is 0.363. The van der Waals surface area contributed by atoms with E-state index in [1.165, 1.54) is 38.5 Å². The predicted molar refractivity (Wildman–Crippen MR) is 80.1 cm³/mol. The summed E-state index contributed by atoms with van der Waals surface area (Å²) < 4.78 is 27.8. The van der Waals surface area contributed by atoms with E-state index >= 15 is 0 Å². The van der Waals surface area contributed by atoms with Crippen LogP contribution in [0.2, 0.25) is 0 Å². The zero-order valence-corrected chi connectivity index (χ0v) is 13.5. The average Bonchev–Trinajstić information content (AvgIpc) is 2.36. The molecule has 2 unspecified atom stereocenters. The predicted octanol–water partition coefficient (Wildman–Crippen LogP) is 4.24. The second-order valence-electron chi connectivity index (χ2n) is 5.46. The molecular formula is C14H27ClO3S. The SMILES string of the molecule is CCCCCCCCCCC1OS(=O)(=O)CCC1Cl. The number of hydrogen-bond acceptors (Lipinski definition) is 3. The molecule has 0 radical (unpaired) electrons. The van der Waals surface area contributed by atoms with Gasteiger partial charge in [0.25, 0.3) is 10.1 Å². The molecule has 0 spiro atoms. The summed E-state index contributed by atoms with van der Waals surface area (Å²) >= 11 is 6.12. The molecule has 0 aromatic heterocycles. The van der Waals surface area contributed by atoms with Gasteiger partial charge in [0.2, 0.25) is 0 Å². The summed E-state index contributed by atoms with van der Waals surface area (Å²) in [5, 5.41) is -0.145. The molecule has 0 amide bonds. The van der Waals surface area contributed by atoms with E-state index in [1.807, 2.05) is 0 Å². The van der Waals surface area contributed by atoms with Crippen LogP contribution in [0.3, 0.4) is 0 Å². The van der Waals surface area contributed by atoms with Crippen molar-refractivity contribution >= 4 is 21.7 Å². The minimum absolute atomic E-state index is 0.0646. The number of halogens is 1. The van der Waals surface area contributed by atoms with E-state index < -0.39 is 10.1 Å². The van der Waals surface area contributed by atoms with Crippen molar-refractivity contribution in [3.8, 4) is 0 Å². The first-order chi connectivity index (χ1) is 9.05. The Morgan fingerprint density at radius 2 is 1.63 bits per heavy atom. The number of unbranched alkanes of at least 4 members (excludes halogenated alkanes) is 7. The zero-order chi connectivity index (χ0) is 14.1. The van der Waals surface area contributed by atoms with E-state index in [1.54, 1.807) is 0 Å². The van der Waals surface area contributed by atoms with Crippen molar-refractivity contribution in [1.29, 1.82) is 0 Å². The maximum Gasteiger partial charge on any atom is 0.267 e. The first kappa shape index (κ1) is 17.3. The highest BCUT2D eigenvalue weighted by atomic mass is 35.5. The first-order valence-electron chi connectivity index (χ1n) is 7.60. The van der Waals surface area contributed by atoms with E-state index in [-0.39, 0.29) is 17.2 Å². The Bertz CT molecular complexity index is 330. The van der Waals surface area contributed by atoms with E-state index in [0.717, 1.165) is 19.3 Å². The third-order valence-corrected chi connectivity index (χ3v) is 5.43. The Balaban J connectivity index is 2.05. The highest BCUT2D eigenvalue weighted by molar-refractivity contribution is 7.86. The highest BCUT2D eigenvalue weighted by Crippen LogP contribution is 2.25. The van der Waals surface area contributed by atoms with Crippen molar-refractivity contribution in [2.24, 2.45) is 0 Å². The topological polar surface area (TPSA) is 43.4 Å². The van der Waals surface area contributed by atoms with E-state index in [9.17, 15) is 8.42 Å². The van der Waals surface area contributed by atoms with Crippen molar-refractivity contribution in [2.45, 2.75) is 82.6 Å². The molecule has 1 aliphatic heterocycles. The molecule has 114 valence electrons. The third-order valence-electron chi connectivity index (χ3n) is 3.66. The van der Waals surface area contributed by atoms with Crippen molar-refractivity contribution in [3.63, 3.8) is 0 Å². The van der Waals surface area contributed by atoms with Crippen molar-refractivity contribution in [1.82, 2.24) is 0 Å². The summed E-state index contributed by atoms with van der Waals surface area (Å²) in [7, 11) is -3.31. The molecule has 5 heteroatoms. The normalized spacial score (nSPS) is 26.4. The van der Waals surface area contributed by atoms with Crippen LogP contribution in [0, 0.1) is 0 Å². The summed E-state index contributed by atoms with van der Waals surface area (Å²) in [5.41, 5.74) is 0. The van der Waals surface area contributed by atoms with Crippen LogP contribution < -0.4 is 0 Å². The van der Waals surface area contributed by atoms with Gasteiger partial charge >= 0.3 is 0 Å². The lowest BCUT2D eigenvalue weighted by atomic mass is 10.0. The van der Waals surface area contributed by atoms with Gasteiger partial charge < -0.3 is 0 Å². The fourth-order valence-corrected chi connectivity index (χ4v) is 4.17. The monoisotopic (exact) mass is 310 g/mol. The molecular weight excluding hydrogens is 284 g/mol. The standard InChI is InChI=1S/C14H27ClO3S/c1-2-3-4-5-6-7-8-9-10-14-13(15)11-12-19(16,17)18-14/h13-14H,2-12H2,1H3. The summed E-state index contributed by atoms with van der Waals surface area (Å²) in [4.78, 5) is 0. The second kappa shape index (κ2) is 9.19. The molecule has 1 rings (SSSR count). The number of hydrogen-bond donors (Lipinski definition) is 0. The number of rotatable bonds is 9. The molecule has 3 nitrogen and oxygen atoms in total. The Hall–Kier alpha value is 0.200.